The van der Waals surface area contributed by atoms with Crippen molar-refractivity contribution in [1.29, 1.82) is 0 Å². The number of hydrogen-bond donors (Lipinski definition) is 1. The zero-order valence-corrected chi connectivity index (χ0v) is 15.4. The Labute approximate surface area is 147 Å². The van der Waals surface area contributed by atoms with Gasteiger partial charge in [0.15, 0.2) is 0 Å². The van der Waals surface area contributed by atoms with E-state index in [1.807, 2.05) is 0 Å². The summed E-state index contributed by atoms with van der Waals surface area (Å²) in [5.41, 5.74) is 0.714. The van der Waals surface area contributed by atoms with E-state index < -0.39 is 0 Å². The van der Waals surface area contributed by atoms with Crippen LogP contribution in [0.2, 0.25) is 0 Å². The highest BCUT2D eigenvalue weighted by atomic mass is 16.1. The lowest BCUT2D eigenvalue weighted by Gasteiger charge is -2.10. The Bertz CT molecular complexity index is 428. The highest BCUT2D eigenvalue weighted by Crippen LogP contribution is 2.16. The Morgan fingerprint density at radius 3 is 2.17 bits per heavy atom. The van der Waals surface area contributed by atoms with Crippen molar-refractivity contribution in [1.82, 2.24) is 15.4 Å². The lowest BCUT2D eigenvalue weighted by atomic mass is 9.94. The summed E-state index contributed by atoms with van der Waals surface area (Å²) >= 11 is 0. The van der Waals surface area contributed by atoms with Crippen LogP contribution in [0.25, 0.3) is 0 Å². The second kappa shape index (κ2) is 13.9. The molecule has 4 heteroatoms. The van der Waals surface area contributed by atoms with E-state index in [1.54, 1.807) is 12.3 Å². The van der Waals surface area contributed by atoms with Gasteiger partial charge in [0.1, 0.15) is 5.78 Å². The molecule has 0 aliphatic carbocycles. The van der Waals surface area contributed by atoms with Gasteiger partial charge < -0.3 is 0 Å². The maximum atomic E-state index is 12.2. The van der Waals surface area contributed by atoms with Crippen LogP contribution in [0.15, 0.2) is 18.9 Å². The summed E-state index contributed by atoms with van der Waals surface area (Å²) in [5, 5.41) is 10.2. The lowest BCUT2D eigenvalue weighted by molar-refractivity contribution is -0.121. The topological polar surface area (TPSA) is 58.6 Å². The highest BCUT2D eigenvalue weighted by Gasteiger charge is 2.15. The average Bonchev–Trinajstić information content (AvgIpc) is 3.09. The minimum absolute atomic E-state index is 0.0414. The van der Waals surface area contributed by atoms with E-state index in [0.29, 0.717) is 12.1 Å². The van der Waals surface area contributed by atoms with Crippen molar-refractivity contribution in [2.24, 2.45) is 5.92 Å². The summed E-state index contributed by atoms with van der Waals surface area (Å²) < 4.78 is 0. The van der Waals surface area contributed by atoms with Crippen molar-refractivity contribution >= 4 is 5.78 Å². The number of aromatic amines is 1. The molecule has 24 heavy (non-hydrogen) atoms. The van der Waals surface area contributed by atoms with Crippen molar-refractivity contribution in [2.75, 3.05) is 0 Å². The molecule has 1 atom stereocenters. The molecule has 0 radical (unpaired) electrons. The largest absolute Gasteiger partial charge is 0.299 e. The van der Waals surface area contributed by atoms with Gasteiger partial charge in [0.05, 0.1) is 12.1 Å². The molecule has 0 bridgehead atoms. The number of H-pyrrole nitrogens is 1. The van der Waals surface area contributed by atoms with Crippen LogP contribution in [0.3, 0.4) is 0 Å². The van der Waals surface area contributed by atoms with E-state index in [2.05, 4.69) is 28.9 Å². The molecule has 0 aliphatic rings. The van der Waals surface area contributed by atoms with Crippen molar-refractivity contribution in [3.63, 3.8) is 0 Å². The van der Waals surface area contributed by atoms with Gasteiger partial charge in [0.2, 0.25) is 0 Å². The zero-order chi connectivity index (χ0) is 17.5. The van der Waals surface area contributed by atoms with E-state index in [1.165, 1.54) is 64.2 Å². The Morgan fingerprint density at radius 1 is 1.08 bits per heavy atom. The number of hydrogen-bond acceptors (Lipinski definition) is 3. The van der Waals surface area contributed by atoms with Gasteiger partial charge in [0.25, 0.3) is 0 Å². The molecule has 1 rings (SSSR count). The van der Waals surface area contributed by atoms with Gasteiger partial charge in [-0.1, -0.05) is 88.8 Å². The number of rotatable bonds is 16. The Kier molecular flexibility index (Phi) is 12.0. The first-order valence-electron chi connectivity index (χ1n) is 9.78. The van der Waals surface area contributed by atoms with E-state index in [0.717, 1.165) is 12.8 Å². The van der Waals surface area contributed by atoms with E-state index in [9.17, 15) is 4.79 Å². The molecule has 0 spiro atoms. The summed E-state index contributed by atoms with van der Waals surface area (Å²) in [7, 11) is 0. The van der Waals surface area contributed by atoms with Crippen molar-refractivity contribution in [2.45, 2.75) is 90.4 Å². The molecule has 0 aromatic carbocycles. The van der Waals surface area contributed by atoms with Crippen LogP contribution in [0.4, 0.5) is 0 Å². The normalized spacial score (nSPS) is 12.2. The maximum absolute atomic E-state index is 12.2. The molecular weight excluding hydrogens is 298 g/mol. The van der Waals surface area contributed by atoms with Gasteiger partial charge in [-0.3, -0.25) is 9.89 Å². The van der Waals surface area contributed by atoms with Crippen molar-refractivity contribution < 1.29 is 4.79 Å². The Balaban J connectivity index is 1.98. The number of nitrogens with one attached hydrogen (secondary N) is 1. The average molecular weight is 334 g/mol. The molecule has 0 saturated carbocycles. The molecule has 1 N–H and O–H groups in total. The summed E-state index contributed by atoms with van der Waals surface area (Å²) in [4.78, 5) is 12.2. The third kappa shape index (κ3) is 9.64. The van der Waals surface area contributed by atoms with Crippen LogP contribution >= 0.6 is 0 Å². The fourth-order valence-corrected chi connectivity index (χ4v) is 3.06. The molecule has 0 aliphatic heterocycles. The number of aromatic nitrogens is 3. The van der Waals surface area contributed by atoms with Gasteiger partial charge in [0, 0.05) is 12.1 Å². The first-order chi connectivity index (χ1) is 11.8. The molecule has 0 fully saturated rings. The van der Waals surface area contributed by atoms with Gasteiger partial charge in [-0.05, 0) is 6.42 Å². The van der Waals surface area contributed by atoms with Crippen LogP contribution in [-0.4, -0.2) is 21.2 Å². The zero-order valence-electron chi connectivity index (χ0n) is 15.4. The Hall–Kier alpha value is -1.45. The molecule has 4 nitrogen and oxygen atoms in total. The fraction of sp³-hybridized carbons (Fsp3) is 0.750. The molecule has 1 aromatic heterocycles. The van der Waals surface area contributed by atoms with Crippen LogP contribution in [0.5, 0.6) is 0 Å². The SMILES string of the molecule is C=CC(CCCCCCCCCCCCC)C(=O)Cc1c[nH]nn1. The summed E-state index contributed by atoms with van der Waals surface area (Å²) in [6.45, 7) is 6.08. The van der Waals surface area contributed by atoms with Crippen LogP contribution < -0.4 is 0 Å². The summed E-state index contributed by atoms with van der Waals surface area (Å²) in [6, 6.07) is 0. The van der Waals surface area contributed by atoms with Crippen LogP contribution in [0, 0.1) is 5.92 Å². The third-order valence-corrected chi connectivity index (χ3v) is 4.64. The van der Waals surface area contributed by atoms with E-state index >= 15 is 0 Å². The van der Waals surface area contributed by atoms with Gasteiger partial charge in [-0.25, -0.2) is 0 Å². The van der Waals surface area contributed by atoms with Crippen LogP contribution in [0.1, 0.15) is 89.7 Å². The summed E-state index contributed by atoms with van der Waals surface area (Å²) in [5.74, 6) is 0.159. The molecule has 1 aromatic rings. The second-order valence-corrected chi connectivity index (χ2v) is 6.77. The monoisotopic (exact) mass is 333 g/mol. The first kappa shape index (κ1) is 20.6. The number of nitrogens with zero attached hydrogens (tertiary/aromatic N) is 2. The van der Waals surface area contributed by atoms with E-state index in [4.69, 9.17) is 0 Å². The highest BCUT2D eigenvalue weighted by molar-refractivity contribution is 5.84. The maximum Gasteiger partial charge on any atom is 0.145 e. The quantitative estimate of drug-likeness (QED) is 0.324. The molecule has 0 saturated heterocycles. The van der Waals surface area contributed by atoms with Gasteiger partial charge >= 0.3 is 0 Å². The smallest absolute Gasteiger partial charge is 0.145 e. The van der Waals surface area contributed by atoms with E-state index in [-0.39, 0.29) is 11.7 Å². The molecular formula is C20H35N3O. The predicted molar refractivity (Wildman–Crippen MR) is 99.9 cm³/mol. The van der Waals surface area contributed by atoms with Crippen LogP contribution in [-0.2, 0) is 11.2 Å². The molecule has 1 heterocycles. The van der Waals surface area contributed by atoms with Gasteiger partial charge in [-0.15, -0.1) is 11.7 Å². The van der Waals surface area contributed by atoms with Crippen molar-refractivity contribution in [3.8, 4) is 0 Å². The number of ketones is 1. The third-order valence-electron chi connectivity index (χ3n) is 4.64. The molecule has 136 valence electrons. The minimum Gasteiger partial charge on any atom is -0.299 e. The number of carbonyl (C=O) groups is 1. The number of Topliss-reactive ketones (excluding diaryl/α,β-unsaturated/α-hetero) is 1. The second-order valence-electron chi connectivity index (χ2n) is 6.77. The number of allylic oxidation sites excluding steroid dienone is 1. The number of unbranched alkanes of at least 4 members (excludes halogenated alkanes) is 10. The standard InChI is InChI=1S/C20H35N3O/c1-3-5-6-7-8-9-10-11-12-13-14-15-18(4-2)20(24)16-19-17-21-23-22-19/h4,17-18H,2-3,5-16H2,1H3,(H,21,22,23). The minimum atomic E-state index is -0.0414. The predicted octanol–water partition coefficient (Wildman–Crippen LogP) is 5.42. The fourth-order valence-electron chi connectivity index (χ4n) is 3.06. The molecule has 0 amide bonds. The lowest BCUT2D eigenvalue weighted by Crippen LogP contribution is -2.15. The first-order valence-corrected chi connectivity index (χ1v) is 9.78. The van der Waals surface area contributed by atoms with Gasteiger partial charge in [-0.2, -0.15) is 0 Å². The summed E-state index contributed by atoms with van der Waals surface area (Å²) in [6.07, 6.45) is 19.4. The van der Waals surface area contributed by atoms with Crippen molar-refractivity contribution in [3.05, 3.63) is 24.5 Å². The molecule has 1 unspecified atom stereocenters. The Morgan fingerprint density at radius 2 is 1.67 bits per heavy atom. The number of carbonyl (C=O) groups excluding carboxylic acids is 1.